The van der Waals surface area contributed by atoms with Gasteiger partial charge in [0, 0.05) is 24.5 Å². The van der Waals surface area contributed by atoms with Gasteiger partial charge in [-0.15, -0.1) is 0 Å². The van der Waals surface area contributed by atoms with Crippen molar-refractivity contribution >= 4 is 29.1 Å². The Hall–Kier alpha value is -2.34. The van der Waals surface area contributed by atoms with Crippen molar-refractivity contribution in [3.63, 3.8) is 0 Å². The van der Waals surface area contributed by atoms with Crippen LogP contribution in [0.3, 0.4) is 0 Å². The maximum Gasteiger partial charge on any atom is 0.258 e. The molecular weight excluding hydrogens is 316 g/mol. The third-order valence-electron chi connectivity index (χ3n) is 3.20. The number of nitrogens with one attached hydrogen (secondary N) is 2. The number of anilines is 1. The van der Waals surface area contributed by atoms with Crippen LogP contribution in [0.5, 0.6) is 0 Å². The number of aromatic nitrogens is 2. The molecular formula is C16H19ClN4O2. The predicted molar refractivity (Wildman–Crippen MR) is 90.0 cm³/mol. The summed E-state index contributed by atoms with van der Waals surface area (Å²) in [7, 11) is 0. The largest absolute Gasteiger partial charge is 0.352 e. The van der Waals surface area contributed by atoms with Crippen LogP contribution in [-0.4, -0.2) is 28.1 Å². The molecule has 1 aromatic heterocycles. The van der Waals surface area contributed by atoms with E-state index in [0.717, 1.165) is 0 Å². The molecule has 23 heavy (non-hydrogen) atoms. The lowest BCUT2D eigenvalue weighted by Crippen LogP contribution is -2.23. The summed E-state index contributed by atoms with van der Waals surface area (Å²) in [5.74, 6) is -0.521. The van der Waals surface area contributed by atoms with E-state index >= 15 is 0 Å². The van der Waals surface area contributed by atoms with Crippen LogP contribution in [0.2, 0.25) is 5.02 Å². The number of carbonyl (C=O) groups excluding carboxylic acids is 2. The quantitative estimate of drug-likeness (QED) is 0.882. The number of nitrogens with zero attached hydrogens (tertiary/aromatic N) is 2. The Kier molecular flexibility index (Phi) is 5.39. The molecule has 0 bridgehead atoms. The second-order valence-corrected chi connectivity index (χ2v) is 5.72. The van der Waals surface area contributed by atoms with E-state index in [2.05, 4.69) is 15.7 Å². The zero-order valence-electron chi connectivity index (χ0n) is 13.3. The number of hydrogen-bond acceptors (Lipinski definition) is 3. The van der Waals surface area contributed by atoms with E-state index in [4.69, 9.17) is 11.6 Å². The fourth-order valence-corrected chi connectivity index (χ4v) is 2.24. The van der Waals surface area contributed by atoms with Gasteiger partial charge < -0.3 is 10.6 Å². The minimum atomic E-state index is -0.279. The standard InChI is InChI=1S/C16H19ClN4O2/c1-4-18-16(23)13-6-5-12(7-14(13)17)20-15(22)11-8-19-21(9-11)10(2)3/h5-10H,4H2,1-3H3,(H,18,23)(H,20,22). The number of carbonyl (C=O) groups is 2. The van der Waals surface area contributed by atoms with Gasteiger partial charge in [-0.25, -0.2) is 0 Å². The van der Waals surface area contributed by atoms with E-state index in [9.17, 15) is 9.59 Å². The molecule has 0 aliphatic carbocycles. The molecule has 2 N–H and O–H groups in total. The second kappa shape index (κ2) is 7.28. The monoisotopic (exact) mass is 334 g/mol. The Labute approximate surface area is 139 Å². The Morgan fingerprint density at radius 2 is 2.04 bits per heavy atom. The van der Waals surface area contributed by atoms with Gasteiger partial charge in [-0.05, 0) is 39.0 Å². The Bertz CT molecular complexity index is 725. The van der Waals surface area contributed by atoms with E-state index in [-0.39, 0.29) is 22.9 Å². The average Bonchev–Trinajstić information content (AvgIpc) is 2.97. The molecule has 0 aliphatic rings. The van der Waals surface area contributed by atoms with E-state index in [1.807, 2.05) is 20.8 Å². The van der Waals surface area contributed by atoms with Crippen LogP contribution in [0, 0.1) is 0 Å². The van der Waals surface area contributed by atoms with Crippen molar-refractivity contribution in [1.82, 2.24) is 15.1 Å². The molecule has 7 heteroatoms. The fraction of sp³-hybridized carbons (Fsp3) is 0.312. The first-order valence-electron chi connectivity index (χ1n) is 7.35. The molecule has 0 saturated heterocycles. The van der Waals surface area contributed by atoms with Crippen LogP contribution < -0.4 is 10.6 Å². The summed E-state index contributed by atoms with van der Waals surface area (Å²) in [5, 5.41) is 9.84. The maximum absolute atomic E-state index is 12.2. The van der Waals surface area contributed by atoms with E-state index in [1.165, 1.54) is 6.20 Å². The highest BCUT2D eigenvalue weighted by atomic mass is 35.5. The molecule has 0 aliphatic heterocycles. The van der Waals surface area contributed by atoms with Gasteiger partial charge in [0.25, 0.3) is 11.8 Å². The Morgan fingerprint density at radius 3 is 2.61 bits per heavy atom. The summed E-state index contributed by atoms with van der Waals surface area (Å²) < 4.78 is 1.71. The molecule has 0 unspecified atom stereocenters. The van der Waals surface area contributed by atoms with Crippen molar-refractivity contribution < 1.29 is 9.59 Å². The lowest BCUT2D eigenvalue weighted by atomic mass is 10.2. The van der Waals surface area contributed by atoms with Crippen molar-refractivity contribution in [2.24, 2.45) is 0 Å². The highest BCUT2D eigenvalue weighted by Crippen LogP contribution is 2.21. The first kappa shape index (κ1) is 17.0. The Balaban J connectivity index is 2.12. The molecule has 0 fully saturated rings. The molecule has 2 aromatic rings. The SMILES string of the molecule is CCNC(=O)c1ccc(NC(=O)c2cnn(C(C)C)c2)cc1Cl. The highest BCUT2D eigenvalue weighted by Gasteiger charge is 2.13. The first-order chi connectivity index (χ1) is 10.9. The number of amides is 2. The maximum atomic E-state index is 12.2. The molecule has 122 valence electrons. The first-order valence-corrected chi connectivity index (χ1v) is 7.73. The van der Waals surface area contributed by atoms with Crippen LogP contribution in [0.25, 0.3) is 0 Å². The van der Waals surface area contributed by atoms with Gasteiger partial charge in [0.1, 0.15) is 0 Å². The lowest BCUT2D eigenvalue weighted by molar-refractivity contribution is 0.0955. The van der Waals surface area contributed by atoms with Crippen LogP contribution in [0.1, 0.15) is 47.5 Å². The van der Waals surface area contributed by atoms with Crippen LogP contribution in [0.15, 0.2) is 30.6 Å². The molecule has 1 heterocycles. The van der Waals surface area contributed by atoms with E-state index < -0.39 is 0 Å². The van der Waals surface area contributed by atoms with Crippen LogP contribution >= 0.6 is 11.6 Å². The zero-order chi connectivity index (χ0) is 17.0. The van der Waals surface area contributed by atoms with E-state index in [1.54, 1.807) is 29.1 Å². The smallest absolute Gasteiger partial charge is 0.258 e. The van der Waals surface area contributed by atoms with Crippen molar-refractivity contribution in [2.75, 3.05) is 11.9 Å². The second-order valence-electron chi connectivity index (χ2n) is 5.31. The minimum Gasteiger partial charge on any atom is -0.352 e. The van der Waals surface area contributed by atoms with Crippen molar-refractivity contribution in [3.8, 4) is 0 Å². The van der Waals surface area contributed by atoms with Crippen molar-refractivity contribution in [2.45, 2.75) is 26.8 Å². The summed E-state index contributed by atoms with van der Waals surface area (Å²) in [4.78, 5) is 24.0. The highest BCUT2D eigenvalue weighted by molar-refractivity contribution is 6.34. The third kappa shape index (κ3) is 4.10. The number of rotatable bonds is 5. The van der Waals surface area contributed by atoms with Gasteiger partial charge in [0.15, 0.2) is 0 Å². The molecule has 6 nitrogen and oxygen atoms in total. The zero-order valence-corrected chi connectivity index (χ0v) is 14.0. The van der Waals surface area contributed by atoms with Gasteiger partial charge in [-0.3, -0.25) is 14.3 Å². The summed E-state index contributed by atoms with van der Waals surface area (Å²) in [5.41, 5.74) is 1.35. The van der Waals surface area contributed by atoms with Crippen molar-refractivity contribution in [1.29, 1.82) is 0 Å². The Morgan fingerprint density at radius 1 is 1.30 bits per heavy atom. The summed E-state index contributed by atoms with van der Waals surface area (Å²) in [6.07, 6.45) is 3.20. The van der Waals surface area contributed by atoms with Gasteiger partial charge in [0.05, 0.1) is 22.3 Å². The third-order valence-corrected chi connectivity index (χ3v) is 3.51. The molecule has 0 spiro atoms. The molecule has 2 amide bonds. The summed E-state index contributed by atoms with van der Waals surface area (Å²) in [6, 6.07) is 4.96. The minimum absolute atomic E-state index is 0.183. The van der Waals surface area contributed by atoms with Crippen LogP contribution in [0.4, 0.5) is 5.69 Å². The number of halogens is 1. The fourth-order valence-electron chi connectivity index (χ4n) is 1.97. The molecule has 2 rings (SSSR count). The number of benzene rings is 1. The lowest BCUT2D eigenvalue weighted by Gasteiger charge is -2.08. The topological polar surface area (TPSA) is 76.0 Å². The molecule has 0 saturated carbocycles. The van der Waals surface area contributed by atoms with Gasteiger partial charge in [-0.2, -0.15) is 5.10 Å². The van der Waals surface area contributed by atoms with Crippen molar-refractivity contribution in [3.05, 3.63) is 46.7 Å². The molecule has 0 radical (unpaired) electrons. The predicted octanol–water partition coefficient (Wildman–Crippen LogP) is 3.12. The van der Waals surface area contributed by atoms with Crippen LogP contribution in [-0.2, 0) is 0 Å². The molecule has 1 aromatic carbocycles. The normalized spacial score (nSPS) is 10.7. The summed E-state index contributed by atoms with van der Waals surface area (Å²) >= 11 is 6.11. The van der Waals surface area contributed by atoms with Gasteiger partial charge in [-0.1, -0.05) is 11.6 Å². The van der Waals surface area contributed by atoms with Gasteiger partial charge in [0.2, 0.25) is 0 Å². The number of hydrogen-bond donors (Lipinski definition) is 2. The molecule has 0 atom stereocenters. The van der Waals surface area contributed by atoms with E-state index in [0.29, 0.717) is 23.4 Å². The summed E-state index contributed by atoms with van der Waals surface area (Å²) in [6.45, 7) is 6.31. The average molecular weight is 335 g/mol. The van der Waals surface area contributed by atoms with Gasteiger partial charge >= 0.3 is 0 Å².